The number of nitrogens with one attached hydrogen (secondary N) is 1. The van der Waals surface area contributed by atoms with Gasteiger partial charge in [-0.25, -0.2) is 14.3 Å². The van der Waals surface area contributed by atoms with Gasteiger partial charge in [0.15, 0.2) is 12.4 Å². The number of hydrogen-bond acceptors (Lipinski definition) is 7. The van der Waals surface area contributed by atoms with Crippen molar-refractivity contribution in [2.45, 2.75) is 38.0 Å². The number of benzene rings is 2. The standard InChI is InChI=1S/C27H26ClN7O4/c1-19-7-6-14-35(19,26(37)29-16-20-8-2-3-12-24(20)34-18-30-31-32-34)25(36)27(38,21-9-4-11-23(28)15-21)22-10-5-13-33(39)17-22/h2-5,8-13,15,17-19,38H,6-7,14,16H2,1H3/p+1/t19-,27?,35?/m1/s1. The van der Waals surface area contributed by atoms with Crippen molar-refractivity contribution in [1.29, 1.82) is 0 Å². The van der Waals surface area contributed by atoms with Gasteiger partial charge in [-0.1, -0.05) is 41.9 Å². The molecule has 200 valence electrons. The normalized spacial score (nSPS) is 20.3. The Morgan fingerprint density at radius 3 is 2.69 bits per heavy atom. The number of imide groups is 1. The number of hydrogen-bond donors (Lipinski definition) is 2. The maximum atomic E-state index is 14.6. The van der Waals surface area contributed by atoms with E-state index < -0.39 is 28.1 Å². The van der Waals surface area contributed by atoms with Crippen LogP contribution in [0.25, 0.3) is 5.69 Å². The van der Waals surface area contributed by atoms with E-state index in [1.165, 1.54) is 35.4 Å². The summed E-state index contributed by atoms with van der Waals surface area (Å²) in [7, 11) is 0. The first-order valence-electron chi connectivity index (χ1n) is 12.5. The number of carbonyl (C=O) groups is 2. The molecule has 0 spiro atoms. The third kappa shape index (κ3) is 4.65. The van der Waals surface area contributed by atoms with Gasteiger partial charge in [-0.3, -0.25) is 0 Å². The molecule has 4 aromatic rings. The number of quaternary nitrogens is 1. The number of aromatic nitrogens is 5. The van der Waals surface area contributed by atoms with E-state index in [9.17, 15) is 19.9 Å². The Balaban J connectivity index is 1.55. The van der Waals surface area contributed by atoms with Crippen molar-refractivity contribution in [3.8, 4) is 5.69 Å². The predicted molar refractivity (Wildman–Crippen MR) is 140 cm³/mol. The number of nitrogens with zero attached hydrogens (tertiary/aromatic N) is 6. The van der Waals surface area contributed by atoms with E-state index in [4.69, 9.17) is 11.6 Å². The summed E-state index contributed by atoms with van der Waals surface area (Å²) in [5.74, 6) is -0.757. The van der Waals surface area contributed by atoms with Crippen LogP contribution in [0, 0.1) is 5.21 Å². The van der Waals surface area contributed by atoms with Crippen LogP contribution in [0.1, 0.15) is 36.5 Å². The minimum atomic E-state index is -2.32. The molecule has 1 aliphatic rings. The molecule has 2 aromatic heterocycles. The molecule has 2 aromatic carbocycles. The van der Waals surface area contributed by atoms with Crippen LogP contribution < -0.4 is 10.0 Å². The third-order valence-corrected chi connectivity index (χ3v) is 7.61. The molecule has 1 aliphatic heterocycles. The van der Waals surface area contributed by atoms with E-state index in [2.05, 4.69) is 20.8 Å². The summed E-state index contributed by atoms with van der Waals surface area (Å²) in [4.78, 5) is 28.6. The molecule has 0 radical (unpaired) electrons. The van der Waals surface area contributed by atoms with Gasteiger partial charge in [0.25, 0.3) is 0 Å². The Morgan fingerprint density at radius 1 is 1.21 bits per heavy atom. The van der Waals surface area contributed by atoms with Crippen LogP contribution in [-0.4, -0.2) is 54.3 Å². The Morgan fingerprint density at radius 2 is 2.00 bits per heavy atom. The first-order chi connectivity index (χ1) is 18.8. The van der Waals surface area contributed by atoms with Crippen molar-refractivity contribution in [2.75, 3.05) is 6.54 Å². The van der Waals surface area contributed by atoms with Crippen LogP contribution in [-0.2, 0) is 16.9 Å². The highest BCUT2D eigenvalue weighted by molar-refractivity contribution is 6.30. The van der Waals surface area contributed by atoms with Gasteiger partial charge in [-0.2, -0.15) is 9.21 Å². The second-order valence-corrected chi connectivity index (χ2v) is 10.0. The van der Waals surface area contributed by atoms with Crippen molar-refractivity contribution >= 4 is 23.5 Å². The molecule has 12 heteroatoms. The Hall–Kier alpha value is -4.19. The number of halogens is 1. The van der Waals surface area contributed by atoms with Crippen molar-refractivity contribution in [3.63, 3.8) is 0 Å². The number of urea groups is 1. The molecule has 3 heterocycles. The Bertz CT molecular complexity index is 1470. The van der Waals surface area contributed by atoms with Crippen molar-refractivity contribution in [2.24, 2.45) is 0 Å². The summed E-state index contributed by atoms with van der Waals surface area (Å²) in [5, 5.41) is 39.0. The lowest BCUT2D eigenvalue weighted by atomic mass is 9.84. The molecule has 3 amide bonds. The van der Waals surface area contributed by atoms with E-state index in [0.717, 1.165) is 11.8 Å². The van der Waals surface area contributed by atoms with Gasteiger partial charge in [0, 0.05) is 29.5 Å². The third-order valence-electron chi connectivity index (χ3n) is 7.37. The maximum Gasteiger partial charge on any atom is 0.424 e. The molecule has 2 unspecified atom stereocenters. The maximum absolute atomic E-state index is 14.6. The van der Waals surface area contributed by atoms with E-state index in [1.807, 2.05) is 31.2 Å². The summed E-state index contributed by atoms with van der Waals surface area (Å²) in [6, 6.07) is 15.5. The van der Waals surface area contributed by atoms with Crippen molar-refractivity contribution in [3.05, 3.63) is 106 Å². The van der Waals surface area contributed by atoms with E-state index in [1.54, 1.807) is 18.2 Å². The zero-order valence-electron chi connectivity index (χ0n) is 21.1. The zero-order chi connectivity index (χ0) is 27.6. The number of rotatable bonds is 6. The first kappa shape index (κ1) is 26.4. The second kappa shape index (κ2) is 10.5. The van der Waals surface area contributed by atoms with Crippen LogP contribution in [0.5, 0.6) is 0 Å². The number of para-hydroxylation sites is 1. The topological polar surface area (TPSA) is 137 Å². The number of pyridine rings is 1. The van der Waals surface area contributed by atoms with Gasteiger partial charge in [0.1, 0.15) is 12.4 Å². The monoisotopic (exact) mass is 548 g/mol. The quantitative estimate of drug-likeness (QED) is 0.215. The van der Waals surface area contributed by atoms with Gasteiger partial charge in [-0.05, 0) is 47.2 Å². The average Bonchev–Trinajstić information content (AvgIpc) is 3.62. The Kier molecular flexibility index (Phi) is 7.13. The highest BCUT2D eigenvalue weighted by Crippen LogP contribution is 2.39. The minimum absolute atomic E-state index is 0.0423. The van der Waals surface area contributed by atoms with E-state index >= 15 is 0 Å². The van der Waals surface area contributed by atoms with E-state index in [-0.39, 0.29) is 24.2 Å². The number of likely N-dealkylation sites (tertiary alicyclic amines) is 1. The number of tetrazole rings is 1. The van der Waals surface area contributed by atoms with Gasteiger partial charge < -0.3 is 15.6 Å². The van der Waals surface area contributed by atoms with Crippen molar-refractivity contribution in [1.82, 2.24) is 25.5 Å². The van der Waals surface area contributed by atoms with Gasteiger partial charge in [-0.15, -0.1) is 5.10 Å². The lowest BCUT2D eigenvalue weighted by Crippen LogP contribution is -2.67. The van der Waals surface area contributed by atoms with Gasteiger partial charge >= 0.3 is 11.9 Å². The number of amides is 3. The molecule has 39 heavy (non-hydrogen) atoms. The molecular weight excluding hydrogens is 522 g/mol. The molecule has 0 saturated carbocycles. The van der Waals surface area contributed by atoms with E-state index in [0.29, 0.717) is 28.3 Å². The van der Waals surface area contributed by atoms with Crippen LogP contribution in [0.4, 0.5) is 4.79 Å². The summed E-state index contributed by atoms with van der Waals surface area (Å²) in [5.41, 5.74) is -0.704. The number of aliphatic hydroxyl groups is 1. The largest absolute Gasteiger partial charge is 0.619 e. The first-order valence-corrected chi connectivity index (χ1v) is 12.8. The summed E-state index contributed by atoms with van der Waals surface area (Å²) in [6.07, 6.45) is 5.04. The fourth-order valence-electron chi connectivity index (χ4n) is 5.32. The summed E-state index contributed by atoms with van der Waals surface area (Å²) >= 11 is 6.24. The number of carbonyl (C=O) groups excluding carboxylic acids is 2. The van der Waals surface area contributed by atoms with Crippen LogP contribution >= 0.6 is 11.6 Å². The second-order valence-electron chi connectivity index (χ2n) is 9.60. The molecule has 1 saturated heterocycles. The highest BCUT2D eigenvalue weighted by atomic mass is 35.5. The molecule has 11 nitrogen and oxygen atoms in total. The molecular formula is C27H27ClN7O4+. The van der Waals surface area contributed by atoms with Crippen LogP contribution in [0.15, 0.2) is 79.4 Å². The fraction of sp³-hybridized carbons (Fsp3) is 0.259. The lowest BCUT2D eigenvalue weighted by molar-refractivity contribution is -0.788. The summed E-state index contributed by atoms with van der Waals surface area (Å²) in [6.45, 7) is 2.10. The molecule has 2 N–H and O–H groups in total. The minimum Gasteiger partial charge on any atom is -0.619 e. The zero-order valence-corrected chi connectivity index (χ0v) is 21.9. The van der Waals surface area contributed by atoms with Crippen molar-refractivity contribution < 1.29 is 23.9 Å². The smallest absolute Gasteiger partial charge is 0.424 e. The molecule has 0 bridgehead atoms. The molecule has 5 rings (SSSR count). The van der Waals surface area contributed by atoms with Gasteiger partial charge in [0.05, 0.1) is 24.3 Å². The molecule has 1 fully saturated rings. The highest BCUT2D eigenvalue weighted by Gasteiger charge is 2.61. The predicted octanol–water partition coefficient (Wildman–Crippen LogP) is 2.62. The lowest BCUT2D eigenvalue weighted by Gasteiger charge is -2.38. The van der Waals surface area contributed by atoms with Crippen LogP contribution in [0.3, 0.4) is 0 Å². The Labute approximate surface area is 229 Å². The SMILES string of the molecule is C[C@@H]1CCC[N+]1(C(=O)NCc1ccccc1-n1cnnn1)C(=O)C(O)(c1cccc(Cl)c1)c1ccc[n+]([O-])c1. The van der Waals surface area contributed by atoms with Gasteiger partial charge in [0.2, 0.25) is 5.60 Å². The molecule has 0 aliphatic carbocycles. The fourth-order valence-corrected chi connectivity index (χ4v) is 5.51. The van der Waals surface area contributed by atoms with Crippen LogP contribution in [0.2, 0.25) is 5.02 Å². The molecule has 3 atom stereocenters. The average molecular weight is 549 g/mol. The summed E-state index contributed by atoms with van der Waals surface area (Å²) < 4.78 is 1.34.